The average Bonchev–Trinajstić information content (AvgIpc) is 2.55. The van der Waals surface area contributed by atoms with Gasteiger partial charge in [0.05, 0.1) is 13.5 Å². The SMILES string of the molecule is COc1cccc(N[C@@H](C)C(=O)NC(=O)Cc2ccccc2)c1. The zero-order valence-corrected chi connectivity index (χ0v) is 13.2. The van der Waals surface area contributed by atoms with Crippen molar-refractivity contribution in [1.29, 1.82) is 0 Å². The van der Waals surface area contributed by atoms with Gasteiger partial charge in [-0.3, -0.25) is 14.9 Å². The minimum Gasteiger partial charge on any atom is -0.497 e. The Morgan fingerprint density at radius 3 is 2.52 bits per heavy atom. The predicted octanol–water partition coefficient (Wildman–Crippen LogP) is 2.38. The lowest BCUT2D eigenvalue weighted by molar-refractivity contribution is -0.130. The molecular weight excluding hydrogens is 292 g/mol. The number of anilines is 1. The fraction of sp³-hybridized carbons (Fsp3) is 0.222. The van der Waals surface area contributed by atoms with E-state index in [1.807, 2.05) is 48.5 Å². The summed E-state index contributed by atoms with van der Waals surface area (Å²) in [5.41, 5.74) is 1.62. The van der Waals surface area contributed by atoms with Gasteiger partial charge in [0.25, 0.3) is 0 Å². The van der Waals surface area contributed by atoms with Crippen molar-refractivity contribution in [2.75, 3.05) is 12.4 Å². The summed E-state index contributed by atoms with van der Waals surface area (Å²) in [6.45, 7) is 1.70. The number of hydrogen-bond donors (Lipinski definition) is 2. The van der Waals surface area contributed by atoms with Crippen molar-refractivity contribution in [2.24, 2.45) is 0 Å². The maximum absolute atomic E-state index is 12.1. The van der Waals surface area contributed by atoms with Crippen molar-refractivity contribution >= 4 is 17.5 Å². The molecule has 1 atom stereocenters. The van der Waals surface area contributed by atoms with E-state index in [4.69, 9.17) is 4.74 Å². The van der Waals surface area contributed by atoms with Gasteiger partial charge in [0.15, 0.2) is 0 Å². The van der Waals surface area contributed by atoms with Gasteiger partial charge in [-0.1, -0.05) is 36.4 Å². The number of rotatable bonds is 6. The normalized spacial score (nSPS) is 11.4. The molecule has 2 amide bonds. The molecule has 2 aromatic carbocycles. The Labute approximate surface area is 135 Å². The first-order valence-corrected chi connectivity index (χ1v) is 7.36. The quantitative estimate of drug-likeness (QED) is 0.859. The second-order valence-electron chi connectivity index (χ2n) is 5.17. The molecular formula is C18H20N2O3. The number of methoxy groups -OCH3 is 1. The first-order valence-electron chi connectivity index (χ1n) is 7.36. The van der Waals surface area contributed by atoms with Crippen LogP contribution in [0.5, 0.6) is 5.75 Å². The smallest absolute Gasteiger partial charge is 0.248 e. The van der Waals surface area contributed by atoms with Crippen LogP contribution in [0.15, 0.2) is 54.6 Å². The second-order valence-corrected chi connectivity index (χ2v) is 5.17. The molecule has 0 aliphatic heterocycles. The van der Waals surface area contributed by atoms with Crippen LogP contribution < -0.4 is 15.4 Å². The van der Waals surface area contributed by atoms with Gasteiger partial charge in [0.2, 0.25) is 11.8 Å². The van der Waals surface area contributed by atoms with Gasteiger partial charge in [-0.2, -0.15) is 0 Å². The monoisotopic (exact) mass is 312 g/mol. The first-order chi connectivity index (χ1) is 11.1. The zero-order chi connectivity index (χ0) is 16.7. The third-order valence-electron chi connectivity index (χ3n) is 3.32. The van der Waals surface area contributed by atoms with Crippen LogP contribution in [0, 0.1) is 0 Å². The van der Waals surface area contributed by atoms with E-state index in [-0.39, 0.29) is 18.2 Å². The molecule has 0 radical (unpaired) electrons. The number of amides is 2. The third kappa shape index (κ3) is 5.14. The van der Waals surface area contributed by atoms with E-state index in [0.717, 1.165) is 11.3 Å². The molecule has 0 fully saturated rings. The fourth-order valence-electron chi connectivity index (χ4n) is 2.10. The highest BCUT2D eigenvalue weighted by Crippen LogP contribution is 2.17. The molecule has 2 rings (SSSR count). The molecule has 0 aliphatic rings. The van der Waals surface area contributed by atoms with Crippen molar-refractivity contribution in [3.8, 4) is 5.75 Å². The van der Waals surface area contributed by atoms with Crippen LogP contribution in [0.3, 0.4) is 0 Å². The summed E-state index contributed by atoms with van der Waals surface area (Å²) in [7, 11) is 1.58. The number of benzene rings is 2. The van der Waals surface area contributed by atoms with Crippen LogP contribution >= 0.6 is 0 Å². The van der Waals surface area contributed by atoms with E-state index >= 15 is 0 Å². The average molecular weight is 312 g/mol. The van der Waals surface area contributed by atoms with E-state index in [2.05, 4.69) is 10.6 Å². The zero-order valence-electron chi connectivity index (χ0n) is 13.2. The molecule has 0 saturated carbocycles. The highest BCUT2D eigenvalue weighted by Gasteiger charge is 2.16. The number of nitrogens with one attached hydrogen (secondary N) is 2. The number of carbonyl (C=O) groups excluding carboxylic acids is 2. The Hall–Kier alpha value is -2.82. The number of carbonyl (C=O) groups is 2. The van der Waals surface area contributed by atoms with E-state index in [0.29, 0.717) is 5.75 Å². The minimum absolute atomic E-state index is 0.179. The number of hydrogen-bond acceptors (Lipinski definition) is 4. The van der Waals surface area contributed by atoms with Crippen molar-refractivity contribution in [3.63, 3.8) is 0 Å². The molecule has 5 nitrogen and oxygen atoms in total. The van der Waals surface area contributed by atoms with Crippen LogP contribution in [-0.2, 0) is 16.0 Å². The van der Waals surface area contributed by atoms with Crippen LogP contribution in [0.2, 0.25) is 0 Å². The van der Waals surface area contributed by atoms with Gasteiger partial charge in [-0.15, -0.1) is 0 Å². The number of ether oxygens (including phenoxy) is 1. The van der Waals surface area contributed by atoms with Crippen LogP contribution in [0.1, 0.15) is 12.5 Å². The van der Waals surface area contributed by atoms with Crippen LogP contribution in [-0.4, -0.2) is 25.0 Å². The van der Waals surface area contributed by atoms with E-state index in [9.17, 15) is 9.59 Å². The van der Waals surface area contributed by atoms with Crippen molar-refractivity contribution in [2.45, 2.75) is 19.4 Å². The molecule has 0 heterocycles. The van der Waals surface area contributed by atoms with Gasteiger partial charge in [0.1, 0.15) is 11.8 Å². The lowest BCUT2D eigenvalue weighted by atomic mass is 10.1. The minimum atomic E-state index is -0.540. The third-order valence-corrected chi connectivity index (χ3v) is 3.32. The Morgan fingerprint density at radius 1 is 1.09 bits per heavy atom. The Morgan fingerprint density at radius 2 is 1.83 bits per heavy atom. The second kappa shape index (κ2) is 7.98. The molecule has 5 heteroatoms. The molecule has 120 valence electrons. The van der Waals surface area contributed by atoms with E-state index < -0.39 is 6.04 Å². The summed E-state index contributed by atoms with van der Waals surface area (Å²) in [4.78, 5) is 24.0. The lowest BCUT2D eigenvalue weighted by Gasteiger charge is -2.15. The maximum atomic E-state index is 12.1. The molecule has 0 aromatic heterocycles. The molecule has 0 bridgehead atoms. The Balaban J connectivity index is 1.88. The largest absolute Gasteiger partial charge is 0.497 e. The van der Waals surface area contributed by atoms with Gasteiger partial charge in [-0.05, 0) is 24.6 Å². The Bertz CT molecular complexity index is 671. The molecule has 0 saturated heterocycles. The summed E-state index contributed by atoms with van der Waals surface area (Å²) < 4.78 is 5.13. The van der Waals surface area contributed by atoms with Gasteiger partial charge in [0, 0.05) is 11.8 Å². The summed E-state index contributed by atoms with van der Waals surface area (Å²) in [6.07, 6.45) is 0.179. The maximum Gasteiger partial charge on any atom is 0.248 e. The molecule has 23 heavy (non-hydrogen) atoms. The standard InChI is InChI=1S/C18H20N2O3/c1-13(19-15-9-6-10-16(12-15)23-2)18(22)20-17(21)11-14-7-4-3-5-8-14/h3-10,12-13,19H,11H2,1-2H3,(H,20,21,22)/t13-/m0/s1. The molecule has 0 spiro atoms. The molecule has 2 aromatic rings. The highest BCUT2D eigenvalue weighted by atomic mass is 16.5. The summed E-state index contributed by atoms with van der Waals surface area (Å²) in [5.74, 6) is 0.0111. The first kappa shape index (κ1) is 16.5. The highest BCUT2D eigenvalue weighted by molar-refractivity contribution is 5.99. The number of imide groups is 1. The van der Waals surface area contributed by atoms with E-state index in [1.54, 1.807) is 20.1 Å². The Kier molecular flexibility index (Phi) is 5.74. The van der Waals surface area contributed by atoms with E-state index in [1.165, 1.54) is 0 Å². The van der Waals surface area contributed by atoms with Gasteiger partial charge >= 0.3 is 0 Å². The lowest BCUT2D eigenvalue weighted by Crippen LogP contribution is -2.41. The van der Waals surface area contributed by atoms with Gasteiger partial charge in [-0.25, -0.2) is 0 Å². The van der Waals surface area contributed by atoms with Crippen LogP contribution in [0.4, 0.5) is 5.69 Å². The summed E-state index contributed by atoms with van der Waals surface area (Å²) >= 11 is 0. The van der Waals surface area contributed by atoms with Crippen molar-refractivity contribution < 1.29 is 14.3 Å². The van der Waals surface area contributed by atoms with Crippen molar-refractivity contribution in [1.82, 2.24) is 5.32 Å². The fourth-order valence-corrected chi connectivity index (χ4v) is 2.10. The topological polar surface area (TPSA) is 67.4 Å². The summed E-state index contributed by atoms with van der Waals surface area (Å²) in [6, 6.07) is 16.0. The van der Waals surface area contributed by atoms with Crippen LogP contribution in [0.25, 0.3) is 0 Å². The molecule has 0 aliphatic carbocycles. The molecule has 0 unspecified atom stereocenters. The van der Waals surface area contributed by atoms with Crippen molar-refractivity contribution in [3.05, 3.63) is 60.2 Å². The summed E-state index contributed by atoms with van der Waals surface area (Å²) in [5, 5.41) is 5.45. The molecule has 2 N–H and O–H groups in total. The van der Waals surface area contributed by atoms with Gasteiger partial charge < -0.3 is 10.1 Å². The predicted molar refractivity (Wildman–Crippen MR) is 89.4 cm³/mol.